The van der Waals surface area contributed by atoms with Crippen LogP contribution < -0.4 is 5.32 Å². The van der Waals surface area contributed by atoms with Crippen molar-refractivity contribution >= 4 is 22.7 Å². The molecule has 6 nitrogen and oxygen atoms in total. The number of carboxylic acid groups (broad SMARTS) is 1. The lowest BCUT2D eigenvalue weighted by molar-refractivity contribution is -0.139. The molecule has 1 amide bonds. The first-order valence-corrected chi connectivity index (χ1v) is 6.87. The molecule has 0 aromatic rings. The Morgan fingerprint density at radius 2 is 2.00 bits per heavy atom. The summed E-state index contributed by atoms with van der Waals surface area (Å²) in [5, 5.41) is 10.7. The summed E-state index contributed by atoms with van der Waals surface area (Å²) >= 11 is 0. The van der Waals surface area contributed by atoms with Gasteiger partial charge in [-0.05, 0) is 27.2 Å². The number of amides is 1. The van der Waals surface area contributed by atoms with Crippen LogP contribution in [0.4, 0.5) is 0 Å². The van der Waals surface area contributed by atoms with E-state index in [2.05, 4.69) is 5.32 Å². The fraction of sp³-hybridized carbons (Fsp3) is 0.818. The number of carboxylic acids is 1. The second-order valence-electron chi connectivity index (χ2n) is 4.39. The molecule has 0 fully saturated rings. The summed E-state index contributed by atoms with van der Waals surface area (Å²) in [4.78, 5) is 22.6. The van der Waals surface area contributed by atoms with Crippen LogP contribution >= 0.6 is 0 Å². The minimum absolute atomic E-state index is 0.404. The Bertz CT molecular complexity index is 329. The molecule has 0 saturated carbocycles. The van der Waals surface area contributed by atoms with E-state index >= 15 is 0 Å². The molecule has 0 radical (unpaired) electrons. The maximum absolute atomic E-state index is 12.0. The molecule has 2 unspecified atom stereocenters. The first kappa shape index (κ1) is 17.1. The number of hydrogen-bond acceptors (Lipinski definition) is 4. The Balaban J connectivity index is 4.38. The fourth-order valence-corrected chi connectivity index (χ4v) is 2.53. The smallest absolute Gasteiger partial charge is 0.321 e. The molecule has 2 N–H and O–H groups in total. The van der Waals surface area contributed by atoms with Crippen LogP contribution in [0.25, 0.3) is 0 Å². The van der Waals surface area contributed by atoms with Crippen molar-refractivity contribution in [3.8, 4) is 0 Å². The number of carbonyl (C=O) groups excluding carboxylic acids is 1. The maximum Gasteiger partial charge on any atom is 0.321 e. The lowest BCUT2D eigenvalue weighted by Crippen LogP contribution is -2.46. The lowest BCUT2D eigenvalue weighted by atomic mass is 10.2. The summed E-state index contributed by atoms with van der Waals surface area (Å²) < 4.78 is 15.4. The van der Waals surface area contributed by atoms with Gasteiger partial charge in [-0.25, -0.2) is 0 Å². The highest BCUT2D eigenvalue weighted by molar-refractivity contribution is 7.88. The molecule has 0 aromatic heterocycles. The van der Waals surface area contributed by atoms with Gasteiger partial charge in [0.05, 0.1) is 10.8 Å². The highest BCUT2D eigenvalue weighted by Crippen LogP contribution is 2.17. The van der Waals surface area contributed by atoms with E-state index in [1.807, 2.05) is 0 Å². The molecular weight excluding hydrogens is 258 g/mol. The Kier molecular flexibility index (Phi) is 7.08. The number of carbonyl (C=O) groups is 2. The highest BCUT2D eigenvalue weighted by Gasteiger charge is 2.39. The van der Waals surface area contributed by atoms with E-state index in [1.54, 1.807) is 7.11 Å². The van der Waals surface area contributed by atoms with Gasteiger partial charge >= 0.3 is 5.97 Å². The predicted octanol–water partition coefficient (Wildman–Crippen LogP) is 0.140. The van der Waals surface area contributed by atoms with Crippen LogP contribution in [-0.4, -0.2) is 51.5 Å². The molecule has 0 spiro atoms. The van der Waals surface area contributed by atoms with E-state index in [0.29, 0.717) is 19.6 Å². The van der Waals surface area contributed by atoms with E-state index in [1.165, 1.54) is 20.8 Å². The molecule has 0 aliphatic rings. The Morgan fingerprint density at radius 1 is 1.44 bits per heavy atom. The molecule has 0 aliphatic carbocycles. The van der Waals surface area contributed by atoms with Crippen molar-refractivity contribution in [3.05, 3.63) is 0 Å². The van der Waals surface area contributed by atoms with Crippen molar-refractivity contribution in [1.82, 2.24) is 5.32 Å². The average Bonchev–Trinajstić information content (AvgIpc) is 2.32. The standard InChI is InChI=1S/C11H21NO5S/c1-8(9(13)12-6-5-7-17-4)18(16)11(2,3)10(14)15/h8H,5-7H2,1-4H3,(H,12,13)(H,14,15). The quantitative estimate of drug-likeness (QED) is 0.617. The number of aliphatic carboxylic acids is 1. The van der Waals surface area contributed by atoms with Gasteiger partial charge in [0.15, 0.2) is 0 Å². The normalized spacial score (nSPS) is 14.9. The summed E-state index contributed by atoms with van der Waals surface area (Å²) in [6.07, 6.45) is 0.657. The number of hydrogen-bond donors (Lipinski definition) is 2. The molecule has 18 heavy (non-hydrogen) atoms. The van der Waals surface area contributed by atoms with Gasteiger partial charge < -0.3 is 15.2 Å². The summed E-state index contributed by atoms with van der Waals surface area (Å²) in [6, 6.07) is 0. The van der Waals surface area contributed by atoms with Crippen molar-refractivity contribution in [2.75, 3.05) is 20.3 Å². The van der Waals surface area contributed by atoms with Gasteiger partial charge in [0.25, 0.3) is 0 Å². The summed E-state index contributed by atoms with van der Waals surface area (Å²) in [6.45, 7) is 5.10. The van der Waals surface area contributed by atoms with E-state index in [-0.39, 0.29) is 0 Å². The van der Waals surface area contributed by atoms with Crippen molar-refractivity contribution in [1.29, 1.82) is 0 Å². The molecule has 106 valence electrons. The number of ether oxygens (including phenoxy) is 1. The minimum Gasteiger partial charge on any atom is -0.480 e. The zero-order chi connectivity index (χ0) is 14.3. The van der Waals surface area contributed by atoms with Crippen molar-refractivity contribution in [2.24, 2.45) is 0 Å². The molecule has 0 aliphatic heterocycles. The maximum atomic E-state index is 12.0. The van der Waals surface area contributed by atoms with Crippen LogP contribution in [0.2, 0.25) is 0 Å². The van der Waals surface area contributed by atoms with Crippen LogP contribution in [0, 0.1) is 0 Å². The van der Waals surface area contributed by atoms with Gasteiger partial charge in [-0.2, -0.15) is 0 Å². The third-order valence-corrected chi connectivity index (χ3v) is 4.57. The fourth-order valence-electron chi connectivity index (χ4n) is 1.20. The molecule has 0 aromatic carbocycles. The van der Waals surface area contributed by atoms with Gasteiger partial charge in [-0.1, -0.05) is 0 Å². The first-order valence-electron chi connectivity index (χ1n) is 5.65. The van der Waals surface area contributed by atoms with Gasteiger partial charge in [0.1, 0.15) is 10.00 Å². The van der Waals surface area contributed by atoms with Gasteiger partial charge in [-0.3, -0.25) is 13.8 Å². The first-order chi connectivity index (χ1) is 8.25. The van der Waals surface area contributed by atoms with Gasteiger partial charge in [0, 0.05) is 20.3 Å². The predicted molar refractivity (Wildman–Crippen MR) is 68.8 cm³/mol. The number of nitrogens with one attached hydrogen (secondary N) is 1. The third kappa shape index (κ3) is 4.73. The molecule has 0 saturated heterocycles. The second-order valence-corrected chi connectivity index (χ2v) is 6.72. The van der Waals surface area contributed by atoms with E-state index in [9.17, 15) is 13.8 Å². The Labute approximate surface area is 110 Å². The van der Waals surface area contributed by atoms with E-state index in [0.717, 1.165) is 0 Å². The van der Waals surface area contributed by atoms with E-state index < -0.39 is 32.7 Å². The SMILES string of the molecule is COCCCNC(=O)C(C)S(=O)C(C)(C)C(=O)O. The average molecular weight is 279 g/mol. The Hall–Kier alpha value is -0.950. The second kappa shape index (κ2) is 7.48. The molecule has 7 heteroatoms. The Morgan fingerprint density at radius 3 is 2.44 bits per heavy atom. The largest absolute Gasteiger partial charge is 0.480 e. The lowest BCUT2D eigenvalue weighted by Gasteiger charge is -2.22. The minimum atomic E-state index is -1.79. The number of methoxy groups -OCH3 is 1. The zero-order valence-electron chi connectivity index (χ0n) is 11.2. The molecule has 2 atom stereocenters. The summed E-state index contributed by atoms with van der Waals surface area (Å²) in [5.41, 5.74) is 0. The van der Waals surface area contributed by atoms with Crippen LogP contribution in [0.1, 0.15) is 27.2 Å². The van der Waals surface area contributed by atoms with Crippen molar-refractivity contribution < 1.29 is 23.6 Å². The molecular formula is C11H21NO5S. The molecule has 0 bridgehead atoms. The number of rotatable bonds is 8. The van der Waals surface area contributed by atoms with Crippen LogP contribution in [-0.2, 0) is 25.1 Å². The molecule has 0 heterocycles. The van der Waals surface area contributed by atoms with Crippen molar-refractivity contribution in [2.45, 2.75) is 37.2 Å². The third-order valence-electron chi connectivity index (χ3n) is 2.53. The monoisotopic (exact) mass is 279 g/mol. The topological polar surface area (TPSA) is 92.7 Å². The zero-order valence-corrected chi connectivity index (χ0v) is 12.0. The molecule has 0 rings (SSSR count). The van der Waals surface area contributed by atoms with Crippen LogP contribution in [0.15, 0.2) is 0 Å². The summed E-state index contributed by atoms with van der Waals surface area (Å²) in [7, 11) is -0.221. The van der Waals surface area contributed by atoms with Gasteiger partial charge in [-0.15, -0.1) is 0 Å². The summed E-state index contributed by atoms with van der Waals surface area (Å²) in [5.74, 6) is -1.58. The van der Waals surface area contributed by atoms with Crippen LogP contribution in [0.5, 0.6) is 0 Å². The highest BCUT2D eigenvalue weighted by atomic mass is 32.2. The van der Waals surface area contributed by atoms with Gasteiger partial charge in [0.2, 0.25) is 5.91 Å². The van der Waals surface area contributed by atoms with Crippen LogP contribution in [0.3, 0.4) is 0 Å². The van der Waals surface area contributed by atoms with E-state index in [4.69, 9.17) is 9.84 Å². The van der Waals surface area contributed by atoms with Crippen molar-refractivity contribution in [3.63, 3.8) is 0 Å².